The first kappa shape index (κ1) is 19.9. The lowest BCUT2D eigenvalue weighted by Gasteiger charge is -2.36. The van der Waals surface area contributed by atoms with Crippen LogP contribution < -0.4 is 0 Å². The third kappa shape index (κ3) is 3.76. The summed E-state index contributed by atoms with van der Waals surface area (Å²) in [6.45, 7) is 6.73. The Morgan fingerprint density at radius 3 is 2.55 bits per heavy atom. The second-order valence-electron chi connectivity index (χ2n) is 8.89. The predicted octanol–water partition coefficient (Wildman–Crippen LogP) is 4.39. The Hall–Kier alpha value is -2.99. The first-order chi connectivity index (χ1) is 15.0. The second kappa shape index (κ2) is 7.93. The van der Waals surface area contributed by atoms with Crippen LogP contribution in [0.1, 0.15) is 46.1 Å². The molecular formula is C25H27N3O3. The highest BCUT2D eigenvalue weighted by molar-refractivity contribution is 5.94. The van der Waals surface area contributed by atoms with Gasteiger partial charge in [0.2, 0.25) is 11.8 Å². The molecule has 0 saturated carbocycles. The molecule has 1 aromatic heterocycles. The van der Waals surface area contributed by atoms with Crippen molar-refractivity contribution in [3.05, 3.63) is 71.1 Å². The minimum Gasteiger partial charge on any atom is -0.420 e. The number of aromatic nitrogens is 2. The Morgan fingerprint density at radius 2 is 1.81 bits per heavy atom. The molecule has 0 radical (unpaired) electrons. The molecule has 6 heteroatoms. The molecule has 2 aliphatic rings. The average Bonchev–Trinajstić information content (AvgIpc) is 3.40. The summed E-state index contributed by atoms with van der Waals surface area (Å²) in [5, 5.41) is 8.76. The van der Waals surface area contributed by atoms with Gasteiger partial charge in [-0.25, -0.2) is 0 Å². The molecule has 2 aromatic carbocycles. The van der Waals surface area contributed by atoms with Gasteiger partial charge in [-0.2, -0.15) is 0 Å². The maximum absolute atomic E-state index is 13.3. The number of amides is 1. The van der Waals surface area contributed by atoms with E-state index in [1.807, 2.05) is 60.4 Å². The molecular weight excluding hydrogens is 390 g/mol. The summed E-state index contributed by atoms with van der Waals surface area (Å²) >= 11 is 0. The fourth-order valence-corrected chi connectivity index (χ4v) is 4.90. The summed E-state index contributed by atoms with van der Waals surface area (Å²) in [6.07, 6.45) is 1.77. The van der Waals surface area contributed by atoms with E-state index in [2.05, 4.69) is 17.1 Å². The average molecular weight is 418 g/mol. The summed E-state index contributed by atoms with van der Waals surface area (Å²) in [5.74, 6) is 1.23. The first-order valence-corrected chi connectivity index (χ1v) is 10.9. The molecule has 160 valence electrons. The molecule has 2 fully saturated rings. The molecule has 3 heterocycles. The van der Waals surface area contributed by atoms with Crippen molar-refractivity contribution in [3.8, 4) is 11.5 Å². The molecule has 0 aliphatic carbocycles. The van der Waals surface area contributed by atoms with Gasteiger partial charge in [0.25, 0.3) is 5.91 Å². The Bertz CT molecular complexity index is 1080. The number of carbonyl (C=O) groups excluding carboxylic acids is 1. The third-order valence-corrected chi connectivity index (χ3v) is 6.73. The number of rotatable bonds is 3. The van der Waals surface area contributed by atoms with Gasteiger partial charge in [-0.05, 0) is 51.0 Å². The third-order valence-electron chi connectivity index (χ3n) is 6.73. The Morgan fingerprint density at radius 1 is 1.03 bits per heavy atom. The van der Waals surface area contributed by atoms with Gasteiger partial charge in [-0.15, -0.1) is 10.2 Å². The number of ether oxygens (including phenoxy) is 1. The van der Waals surface area contributed by atoms with Crippen LogP contribution in [0.4, 0.5) is 0 Å². The minimum absolute atomic E-state index is 0.0110. The van der Waals surface area contributed by atoms with Crippen LogP contribution in [0.2, 0.25) is 0 Å². The highest BCUT2D eigenvalue weighted by atomic mass is 16.5. The van der Waals surface area contributed by atoms with Crippen molar-refractivity contribution >= 4 is 5.91 Å². The van der Waals surface area contributed by atoms with Crippen LogP contribution in [0, 0.1) is 19.3 Å². The van der Waals surface area contributed by atoms with Gasteiger partial charge in [-0.3, -0.25) is 4.79 Å². The smallest absolute Gasteiger partial charge is 0.253 e. The Kier molecular flexibility index (Phi) is 5.10. The summed E-state index contributed by atoms with van der Waals surface area (Å²) in [7, 11) is 0. The van der Waals surface area contributed by atoms with Crippen LogP contribution in [0.5, 0.6) is 0 Å². The van der Waals surface area contributed by atoms with Gasteiger partial charge in [-0.1, -0.05) is 35.4 Å². The van der Waals surface area contributed by atoms with E-state index in [1.54, 1.807) is 0 Å². The largest absolute Gasteiger partial charge is 0.420 e. The molecule has 2 saturated heterocycles. The van der Waals surface area contributed by atoms with Gasteiger partial charge in [0.1, 0.15) is 0 Å². The fraction of sp³-hybridized carbons (Fsp3) is 0.400. The lowest BCUT2D eigenvalue weighted by atomic mass is 9.72. The van der Waals surface area contributed by atoms with E-state index < -0.39 is 0 Å². The van der Waals surface area contributed by atoms with Gasteiger partial charge < -0.3 is 14.1 Å². The molecule has 1 atom stereocenters. The molecule has 1 amide bonds. The zero-order valence-corrected chi connectivity index (χ0v) is 18.0. The van der Waals surface area contributed by atoms with Crippen molar-refractivity contribution in [2.24, 2.45) is 5.41 Å². The van der Waals surface area contributed by atoms with Crippen LogP contribution in [0.25, 0.3) is 11.5 Å². The lowest BCUT2D eigenvalue weighted by Crippen LogP contribution is -2.37. The topological polar surface area (TPSA) is 68.5 Å². The zero-order valence-electron chi connectivity index (χ0n) is 18.0. The number of likely N-dealkylation sites (tertiary alicyclic amines) is 1. The van der Waals surface area contributed by atoms with Crippen molar-refractivity contribution in [3.63, 3.8) is 0 Å². The normalized spacial score (nSPS) is 20.3. The molecule has 0 bridgehead atoms. The number of carbonyl (C=O) groups is 1. The molecule has 3 aromatic rings. The van der Waals surface area contributed by atoms with E-state index in [-0.39, 0.29) is 17.2 Å². The van der Waals surface area contributed by atoms with Crippen LogP contribution in [-0.4, -0.2) is 47.3 Å². The maximum Gasteiger partial charge on any atom is 0.253 e. The number of nitrogens with zero attached hydrogens (tertiary/aromatic N) is 3. The summed E-state index contributed by atoms with van der Waals surface area (Å²) < 4.78 is 11.8. The quantitative estimate of drug-likeness (QED) is 0.632. The Labute approximate surface area is 182 Å². The van der Waals surface area contributed by atoms with E-state index in [0.29, 0.717) is 38.1 Å². The van der Waals surface area contributed by atoms with Gasteiger partial charge in [0, 0.05) is 42.8 Å². The highest BCUT2D eigenvalue weighted by Crippen LogP contribution is 2.49. The lowest BCUT2D eigenvalue weighted by molar-refractivity contribution is 0.00908. The zero-order chi connectivity index (χ0) is 21.4. The van der Waals surface area contributed by atoms with Gasteiger partial charge >= 0.3 is 0 Å². The first-order valence-electron chi connectivity index (χ1n) is 10.9. The minimum atomic E-state index is -0.0885. The van der Waals surface area contributed by atoms with Crippen molar-refractivity contribution in [2.75, 3.05) is 26.3 Å². The molecule has 6 nitrogen and oxygen atoms in total. The van der Waals surface area contributed by atoms with E-state index in [4.69, 9.17) is 9.15 Å². The number of hydrogen-bond donors (Lipinski definition) is 0. The second-order valence-corrected chi connectivity index (χ2v) is 8.89. The summed E-state index contributed by atoms with van der Waals surface area (Å²) in [5.41, 5.74) is 3.83. The van der Waals surface area contributed by atoms with Crippen molar-refractivity contribution < 1.29 is 13.9 Å². The van der Waals surface area contributed by atoms with Crippen LogP contribution in [0.3, 0.4) is 0 Å². The van der Waals surface area contributed by atoms with Crippen LogP contribution in [-0.2, 0) is 4.74 Å². The predicted molar refractivity (Wildman–Crippen MR) is 117 cm³/mol. The van der Waals surface area contributed by atoms with Crippen LogP contribution in [0.15, 0.2) is 52.9 Å². The number of hydrogen-bond acceptors (Lipinski definition) is 5. The molecule has 1 spiro atoms. The van der Waals surface area contributed by atoms with Crippen LogP contribution >= 0.6 is 0 Å². The van der Waals surface area contributed by atoms with Gasteiger partial charge in [0.15, 0.2) is 0 Å². The molecule has 0 N–H and O–H groups in total. The molecule has 31 heavy (non-hydrogen) atoms. The summed E-state index contributed by atoms with van der Waals surface area (Å²) in [6, 6.07) is 15.9. The van der Waals surface area contributed by atoms with Crippen molar-refractivity contribution in [1.82, 2.24) is 15.1 Å². The molecule has 5 rings (SSSR count). The Balaban J connectivity index is 1.45. The summed E-state index contributed by atoms with van der Waals surface area (Å²) in [4.78, 5) is 15.2. The fourth-order valence-electron chi connectivity index (χ4n) is 4.90. The maximum atomic E-state index is 13.3. The van der Waals surface area contributed by atoms with E-state index in [0.717, 1.165) is 29.5 Å². The van der Waals surface area contributed by atoms with Crippen molar-refractivity contribution in [2.45, 2.75) is 32.6 Å². The highest BCUT2D eigenvalue weighted by Gasteiger charge is 2.51. The van der Waals surface area contributed by atoms with Gasteiger partial charge in [0.05, 0.1) is 5.92 Å². The molecule has 1 unspecified atom stereocenters. The van der Waals surface area contributed by atoms with E-state index in [1.165, 1.54) is 5.56 Å². The van der Waals surface area contributed by atoms with E-state index >= 15 is 0 Å². The standard InChI is InChI=1S/C25H27N3O3/c1-17-6-8-19(9-7-17)22-26-27-23(31-22)21-15-28(16-25(21)10-12-30-13-11-25)24(29)20-5-3-4-18(2)14-20/h3-9,14,21H,10-13,15-16H2,1-2H3. The number of aryl methyl sites for hydroxylation is 2. The van der Waals surface area contributed by atoms with Crippen molar-refractivity contribution in [1.29, 1.82) is 0 Å². The SMILES string of the molecule is Cc1ccc(-c2nnc(C3CN(C(=O)c4cccc(C)c4)CC34CCOCC4)o2)cc1. The van der Waals surface area contributed by atoms with E-state index in [9.17, 15) is 4.79 Å². The monoisotopic (exact) mass is 417 g/mol. The molecule has 2 aliphatic heterocycles. The number of benzene rings is 2.